The van der Waals surface area contributed by atoms with Crippen molar-refractivity contribution in [2.45, 2.75) is 161 Å². The van der Waals surface area contributed by atoms with Gasteiger partial charge in [0.25, 0.3) is 0 Å². The van der Waals surface area contributed by atoms with Crippen molar-refractivity contribution in [3.63, 3.8) is 0 Å². The fourth-order valence-electron chi connectivity index (χ4n) is 10.8. The highest BCUT2D eigenvalue weighted by Gasteiger charge is 2.46. The van der Waals surface area contributed by atoms with E-state index < -0.39 is 18.5 Å². The zero-order valence-corrected chi connectivity index (χ0v) is 40.9. The van der Waals surface area contributed by atoms with E-state index in [1.54, 1.807) is 0 Å². The van der Waals surface area contributed by atoms with Crippen LogP contribution in [0.3, 0.4) is 0 Å². The van der Waals surface area contributed by atoms with Crippen LogP contribution in [0.5, 0.6) is 11.5 Å². The summed E-state index contributed by atoms with van der Waals surface area (Å²) >= 11 is 0. The van der Waals surface area contributed by atoms with E-state index in [4.69, 9.17) is 35.0 Å². The number of fused-ring (bicyclic) bond motifs is 4. The Kier molecular flexibility index (Phi) is 32.9. The zero-order valence-electron chi connectivity index (χ0n) is 40.9. The van der Waals surface area contributed by atoms with Crippen LogP contribution in [0.25, 0.3) is 0 Å². The number of hydrogen-bond donors (Lipinski definition) is 10. The van der Waals surface area contributed by atoms with Gasteiger partial charge in [-0.05, 0) is 147 Å². The third-order valence-electron chi connectivity index (χ3n) is 14.0. The average molecular weight is 966 g/mol. The number of unbranched alkanes of at least 4 members (excludes halogenated alkanes) is 4. The SMILES string of the molecule is C.CCCCC[C@H](O)CC[C@@H]1[C@H]2Cc3cccc(OCC(=O)O)c3C[C@H]2C[C@H]1O.CCCCC[C@H](O)CC[C@@H]1[C@H]2Cc3cccc(OCC(=O)[O-])c3C[C@H]2C[C@H]1O.CO.CO.OCC[NH2+]CCO. The topological polar surface area (TPSA) is 274 Å². The van der Waals surface area contributed by atoms with Crippen LogP contribution < -0.4 is 19.9 Å². The van der Waals surface area contributed by atoms with Crippen molar-refractivity contribution >= 4 is 11.9 Å². The van der Waals surface area contributed by atoms with Gasteiger partial charge >= 0.3 is 5.97 Å². The molecule has 2 fully saturated rings. The molecule has 0 aliphatic heterocycles. The van der Waals surface area contributed by atoms with E-state index in [9.17, 15) is 35.1 Å². The summed E-state index contributed by atoms with van der Waals surface area (Å²) in [6.07, 6.45) is 15.6. The molecule has 2 saturated carbocycles. The van der Waals surface area contributed by atoms with Crippen molar-refractivity contribution in [3.8, 4) is 11.5 Å². The highest BCUT2D eigenvalue weighted by molar-refractivity contribution is 5.68. The Bertz CT molecular complexity index is 1530. The third kappa shape index (κ3) is 20.9. The van der Waals surface area contributed by atoms with Crippen LogP contribution in [0.4, 0.5) is 0 Å². The number of carbonyl (C=O) groups excluding carboxylic acids is 1. The maximum Gasteiger partial charge on any atom is 0.341 e. The Morgan fingerprint density at radius 3 is 1.44 bits per heavy atom. The molecule has 4 aliphatic rings. The second-order valence-electron chi connectivity index (χ2n) is 18.5. The van der Waals surface area contributed by atoms with Crippen LogP contribution in [0.1, 0.15) is 133 Å². The standard InChI is InChI=1S/2C23H34O5.C4H11NO2.2CH4O.CH4/c2*1-2-3-4-7-17(24)9-10-18-19-11-15-6-5-8-22(28-14-23(26)27)20(15)12-16(19)13-21(18)25;6-3-1-5-2-4-7;2*1-2;/h2*5-6,8,16-19,21,24-25H,2-4,7,9-14H2,1H3,(H,26,27);5-7H,1-4H2;2*2H,1H3;1H4/t2*16-,17-,18+,19-,21+;;;;/m00..../s1. The maximum absolute atomic E-state index is 10.8. The molecule has 2 aromatic rings. The zero-order chi connectivity index (χ0) is 49.7. The smallest absolute Gasteiger partial charge is 0.341 e. The predicted molar refractivity (Wildman–Crippen MR) is 261 cm³/mol. The second kappa shape index (κ2) is 35.7. The number of carbonyl (C=O) groups is 2. The lowest BCUT2D eigenvalue weighted by molar-refractivity contribution is -0.657. The third-order valence-corrected chi connectivity index (χ3v) is 14.0. The van der Waals surface area contributed by atoms with Gasteiger partial charge in [0.05, 0.1) is 56.7 Å². The van der Waals surface area contributed by atoms with E-state index in [-0.39, 0.29) is 63.5 Å². The molecule has 0 aromatic heterocycles. The second-order valence-corrected chi connectivity index (χ2v) is 18.5. The summed E-state index contributed by atoms with van der Waals surface area (Å²) in [7, 11) is 2.00. The highest BCUT2D eigenvalue weighted by atomic mass is 16.5. The fraction of sp³-hybridized carbons (Fsp3) is 0.736. The normalized spacial score (nSPS) is 23.5. The van der Waals surface area contributed by atoms with Crippen LogP contribution in [0.2, 0.25) is 0 Å². The van der Waals surface area contributed by atoms with Crippen LogP contribution in [0.15, 0.2) is 36.4 Å². The average Bonchev–Trinajstić information content (AvgIpc) is 3.81. The van der Waals surface area contributed by atoms with Crippen LogP contribution in [-0.4, -0.2) is 136 Å². The predicted octanol–water partition coefficient (Wildman–Crippen LogP) is 3.22. The summed E-state index contributed by atoms with van der Waals surface area (Å²) in [6.45, 7) is 5.34. The van der Waals surface area contributed by atoms with Gasteiger partial charge in [0.15, 0.2) is 6.61 Å². The minimum Gasteiger partial charge on any atom is -0.546 e. The lowest BCUT2D eigenvalue weighted by Crippen LogP contribution is -2.85. The summed E-state index contributed by atoms with van der Waals surface area (Å²) in [5, 5.41) is 93.7. The van der Waals surface area contributed by atoms with Crippen molar-refractivity contribution in [1.82, 2.24) is 0 Å². The van der Waals surface area contributed by atoms with Gasteiger partial charge in [-0.15, -0.1) is 0 Å². The molecule has 2 aromatic carbocycles. The molecule has 10 atom stereocenters. The molecular weight excluding hydrogens is 875 g/mol. The van der Waals surface area contributed by atoms with Crippen molar-refractivity contribution in [1.29, 1.82) is 0 Å². The molecule has 4 aliphatic carbocycles. The quantitative estimate of drug-likeness (QED) is 0.0678. The Hall–Kier alpha value is -3.38. The minimum atomic E-state index is -1.22. The first-order valence-corrected chi connectivity index (χ1v) is 24.9. The van der Waals surface area contributed by atoms with Gasteiger partial charge in [-0.25, -0.2) is 4.79 Å². The minimum absolute atomic E-state index is 0. The Morgan fingerprint density at radius 2 is 1.07 bits per heavy atom. The molecule has 0 saturated heterocycles. The summed E-state index contributed by atoms with van der Waals surface area (Å²) in [5.74, 6) is 1.21. The van der Waals surface area contributed by atoms with Crippen molar-refractivity contribution in [3.05, 3.63) is 58.7 Å². The molecule has 0 spiro atoms. The summed E-state index contributed by atoms with van der Waals surface area (Å²) in [5.41, 5.74) is 4.60. The Morgan fingerprint density at radius 1 is 0.662 bits per heavy atom. The first-order chi connectivity index (χ1) is 32.4. The molecule has 0 heterocycles. The first kappa shape index (κ1) is 62.6. The van der Waals surface area contributed by atoms with Crippen molar-refractivity contribution < 1.29 is 75.4 Å². The van der Waals surface area contributed by atoms with E-state index in [0.717, 1.165) is 141 Å². The highest BCUT2D eigenvalue weighted by Crippen LogP contribution is 2.50. The van der Waals surface area contributed by atoms with Gasteiger partial charge in [-0.2, -0.15) is 0 Å². The van der Waals surface area contributed by atoms with E-state index >= 15 is 0 Å². The Labute approximate surface area is 406 Å². The van der Waals surface area contributed by atoms with E-state index in [0.29, 0.717) is 48.3 Å². The molecule has 6 rings (SSSR count). The number of nitrogens with two attached hydrogens (primary N) is 1. The molecule has 15 heteroatoms. The lowest BCUT2D eigenvalue weighted by atomic mass is 9.73. The number of aliphatic hydroxyl groups excluding tert-OH is 8. The Balaban J connectivity index is 0.000000554. The van der Waals surface area contributed by atoms with E-state index in [2.05, 4.69) is 26.0 Å². The van der Waals surface area contributed by atoms with Crippen LogP contribution in [-0.2, 0) is 35.3 Å². The number of quaternary nitrogens is 1. The molecule has 0 amide bonds. The van der Waals surface area contributed by atoms with Gasteiger partial charge in [0.1, 0.15) is 18.1 Å². The van der Waals surface area contributed by atoms with E-state index in [1.165, 1.54) is 11.1 Å². The van der Waals surface area contributed by atoms with Gasteiger partial charge in [-0.1, -0.05) is 84.1 Å². The fourth-order valence-corrected chi connectivity index (χ4v) is 10.8. The number of hydrogen-bond acceptors (Lipinski definition) is 13. The molecular formula is C53H91NO14. The largest absolute Gasteiger partial charge is 0.546 e. The number of carboxylic acid groups (broad SMARTS) is 2. The first-order valence-electron chi connectivity index (χ1n) is 24.9. The van der Waals surface area contributed by atoms with Gasteiger partial charge in [-0.3, -0.25) is 0 Å². The summed E-state index contributed by atoms with van der Waals surface area (Å²) in [6, 6.07) is 11.7. The molecule has 0 radical (unpaired) electrons. The molecule has 11 N–H and O–H groups in total. The number of carboxylic acids is 2. The number of benzene rings is 2. The monoisotopic (exact) mass is 966 g/mol. The number of ether oxygens (including phenoxy) is 2. The molecule has 392 valence electrons. The number of aliphatic hydroxyl groups is 8. The molecule has 0 bridgehead atoms. The molecule has 68 heavy (non-hydrogen) atoms. The molecule has 15 nitrogen and oxygen atoms in total. The van der Waals surface area contributed by atoms with E-state index in [1.807, 2.05) is 29.6 Å². The number of aliphatic carboxylic acids is 2. The summed E-state index contributed by atoms with van der Waals surface area (Å²) < 4.78 is 10.9. The maximum atomic E-state index is 10.8. The van der Waals surface area contributed by atoms with Gasteiger partial charge in [0, 0.05) is 14.2 Å². The summed E-state index contributed by atoms with van der Waals surface area (Å²) in [4.78, 5) is 21.6. The van der Waals surface area contributed by atoms with Crippen LogP contribution >= 0.6 is 0 Å². The van der Waals surface area contributed by atoms with Gasteiger partial charge in [0.2, 0.25) is 0 Å². The van der Waals surface area contributed by atoms with Crippen LogP contribution in [0, 0.1) is 35.5 Å². The lowest BCUT2D eigenvalue weighted by Gasteiger charge is -2.32. The number of rotatable bonds is 24. The molecule has 0 unspecified atom stereocenters. The van der Waals surface area contributed by atoms with Crippen molar-refractivity contribution in [2.75, 3.05) is 53.7 Å². The van der Waals surface area contributed by atoms with Gasteiger partial charge < -0.3 is 70.7 Å². The van der Waals surface area contributed by atoms with Crippen molar-refractivity contribution in [2.24, 2.45) is 35.5 Å².